The van der Waals surface area contributed by atoms with Crippen LogP contribution < -0.4 is 16.4 Å². The summed E-state index contributed by atoms with van der Waals surface area (Å²) in [5.74, 6) is -0.414. The minimum Gasteiger partial charge on any atom is -0.469 e. The average molecular weight is 517 g/mol. The summed E-state index contributed by atoms with van der Waals surface area (Å²) < 4.78 is 4.87. The monoisotopic (exact) mass is 517 g/mol. The van der Waals surface area contributed by atoms with Crippen molar-refractivity contribution in [1.29, 1.82) is 0 Å². The molecule has 0 aromatic heterocycles. The van der Waals surface area contributed by atoms with E-state index in [9.17, 15) is 14.4 Å². The van der Waals surface area contributed by atoms with Gasteiger partial charge in [-0.3, -0.25) is 19.4 Å². The topological polar surface area (TPSA) is 126 Å². The Morgan fingerprint density at radius 2 is 1.86 bits per heavy atom. The molecular weight excluding hydrogens is 489 g/mol. The van der Waals surface area contributed by atoms with Crippen LogP contribution in [0, 0.1) is 11.8 Å². The molecule has 0 radical (unpaired) electrons. The predicted molar refractivity (Wildman–Crippen MR) is 120 cm³/mol. The molecule has 4 N–H and O–H groups in total. The maximum absolute atomic E-state index is 11.9. The number of nitrogens with one attached hydrogen (secondary N) is 2. The molecular formula is C19H28IN5O4. The van der Waals surface area contributed by atoms with Crippen molar-refractivity contribution in [2.24, 2.45) is 22.6 Å². The van der Waals surface area contributed by atoms with E-state index in [-0.39, 0.29) is 54.2 Å². The van der Waals surface area contributed by atoms with Crippen molar-refractivity contribution in [3.05, 3.63) is 35.4 Å². The second-order valence-corrected chi connectivity index (χ2v) is 6.76. The Balaban J connectivity index is 0.00000420. The van der Waals surface area contributed by atoms with Crippen molar-refractivity contribution in [2.45, 2.75) is 13.5 Å². The van der Waals surface area contributed by atoms with Gasteiger partial charge in [0.15, 0.2) is 5.96 Å². The Morgan fingerprint density at radius 3 is 2.41 bits per heavy atom. The zero-order chi connectivity index (χ0) is 20.7. The lowest BCUT2D eigenvalue weighted by molar-refractivity contribution is -0.146. The summed E-state index contributed by atoms with van der Waals surface area (Å²) in [4.78, 5) is 40.8. The first-order chi connectivity index (χ1) is 13.3. The quantitative estimate of drug-likeness (QED) is 0.216. The lowest BCUT2D eigenvalue weighted by Crippen LogP contribution is -2.40. The van der Waals surface area contributed by atoms with Gasteiger partial charge in [-0.2, -0.15) is 0 Å². The molecule has 1 aromatic rings. The number of esters is 1. The van der Waals surface area contributed by atoms with Crippen LogP contribution in [0.4, 0.5) is 0 Å². The van der Waals surface area contributed by atoms with Gasteiger partial charge >= 0.3 is 5.97 Å². The Hall–Kier alpha value is -2.37. The van der Waals surface area contributed by atoms with Gasteiger partial charge in [0.25, 0.3) is 5.91 Å². The lowest BCUT2D eigenvalue weighted by Gasteiger charge is -2.21. The second-order valence-electron chi connectivity index (χ2n) is 6.76. The minimum absolute atomic E-state index is 0. The van der Waals surface area contributed by atoms with Crippen molar-refractivity contribution >= 4 is 47.7 Å². The van der Waals surface area contributed by atoms with E-state index >= 15 is 0 Å². The predicted octanol–water partition coefficient (Wildman–Crippen LogP) is 0.336. The normalized spacial score (nSPS) is 18.6. The maximum atomic E-state index is 11.9. The van der Waals surface area contributed by atoms with Gasteiger partial charge in [0, 0.05) is 32.2 Å². The molecule has 160 valence electrons. The Morgan fingerprint density at radius 1 is 1.21 bits per heavy atom. The highest BCUT2D eigenvalue weighted by Crippen LogP contribution is 2.24. The van der Waals surface area contributed by atoms with Gasteiger partial charge in [-0.05, 0) is 23.6 Å². The smallest absolute Gasteiger partial charge is 0.310 e. The summed E-state index contributed by atoms with van der Waals surface area (Å²) in [6.45, 7) is 3.63. The summed E-state index contributed by atoms with van der Waals surface area (Å²) >= 11 is 0. The lowest BCUT2D eigenvalue weighted by atomic mass is 9.99. The molecule has 1 heterocycles. The minimum atomic E-state index is -0.591. The van der Waals surface area contributed by atoms with Gasteiger partial charge in [0.1, 0.15) is 0 Å². The van der Waals surface area contributed by atoms with Crippen molar-refractivity contribution in [3.63, 3.8) is 0 Å². The first-order valence-corrected chi connectivity index (χ1v) is 9.04. The highest BCUT2D eigenvalue weighted by atomic mass is 127. The number of guanidine groups is 1. The fourth-order valence-corrected chi connectivity index (χ4v) is 3.15. The molecule has 0 spiro atoms. The highest BCUT2D eigenvalue weighted by Gasteiger charge is 2.36. The zero-order valence-corrected chi connectivity index (χ0v) is 19.1. The van der Waals surface area contributed by atoms with E-state index in [1.54, 1.807) is 19.2 Å². The van der Waals surface area contributed by atoms with E-state index in [0.717, 1.165) is 12.1 Å². The van der Waals surface area contributed by atoms with Crippen molar-refractivity contribution in [2.75, 3.05) is 33.8 Å². The molecule has 0 aliphatic carbocycles. The molecule has 0 saturated carbocycles. The number of primary amides is 1. The number of nitrogens with two attached hydrogens (primary N) is 1. The number of methoxy groups -OCH3 is 1. The molecule has 2 unspecified atom stereocenters. The summed E-state index contributed by atoms with van der Waals surface area (Å²) in [5, 5.41) is 5.72. The molecule has 1 aliphatic rings. The van der Waals surface area contributed by atoms with Gasteiger partial charge in [0.05, 0.1) is 19.6 Å². The molecule has 9 nitrogen and oxygen atoms in total. The molecule has 10 heteroatoms. The van der Waals surface area contributed by atoms with E-state index in [4.69, 9.17) is 10.5 Å². The van der Waals surface area contributed by atoms with Crippen LogP contribution in [0.15, 0.2) is 29.3 Å². The van der Waals surface area contributed by atoms with E-state index in [1.807, 2.05) is 24.0 Å². The highest BCUT2D eigenvalue weighted by molar-refractivity contribution is 14.0. The molecule has 1 aliphatic heterocycles. The number of nitrogens with zero attached hydrogens (tertiary/aromatic N) is 2. The molecule has 1 aromatic carbocycles. The van der Waals surface area contributed by atoms with Crippen LogP contribution in [0.1, 0.15) is 22.8 Å². The van der Waals surface area contributed by atoms with Crippen molar-refractivity contribution in [1.82, 2.24) is 15.5 Å². The van der Waals surface area contributed by atoms with Crippen LogP contribution >= 0.6 is 24.0 Å². The number of ether oxygens (including phenoxy) is 1. The second kappa shape index (κ2) is 11.6. The number of likely N-dealkylation sites (tertiary alicyclic amines) is 1. The summed E-state index contributed by atoms with van der Waals surface area (Å²) in [7, 11) is 3.10. The van der Waals surface area contributed by atoms with Gasteiger partial charge < -0.3 is 26.0 Å². The van der Waals surface area contributed by atoms with Gasteiger partial charge in [0.2, 0.25) is 5.91 Å². The Kier molecular flexibility index (Phi) is 9.86. The van der Waals surface area contributed by atoms with Crippen molar-refractivity contribution < 1.29 is 19.1 Å². The summed E-state index contributed by atoms with van der Waals surface area (Å²) in [6, 6.07) is 7.01. The van der Waals surface area contributed by atoms with Crippen LogP contribution in [0.3, 0.4) is 0 Å². The molecule has 29 heavy (non-hydrogen) atoms. The van der Waals surface area contributed by atoms with Crippen LogP contribution in [0.25, 0.3) is 0 Å². The van der Waals surface area contributed by atoms with Crippen LogP contribution in [0.5, 0.6) is 0 Å². The van der Waals surface area contributed by atoms with E-state index in [1.165, 1.54) is 7.11 Å². The number of carbonyl (C=O) groups excluding carboxylic acids is 3. The molecule has 0 bridgehead atoms. The van der Waals surface area contributed by atoms with E-state index in [2.05, 4.69) is 15.6 Å². The number of hydrogen-bond acceptors (Lipinski definition) is 5. The van der Waals surface area contributed by atoms with Crippen LogP contribution in [-0.4, -0.2) is 62.4 Å². The number of rotatable bonds is 6. The number of aliphatic imine (C=N–C) groups is 1. The summed E-state index contributed by atoms with van der Waals surface area (Å²) in [5.41, 5.74) is 6.42. The SMILES string of the molecule is CN=C(NCc1ccc(C(=O)NCC(N)=O)cc1)N1CC(C)C(C(=O)OC)C1.I. The Bertz CT molecular complexity index is 753. The number of benzene rings is 1. The van der Waals surface area contributed by atoms with E-state index < -0.39 is 5.91 Å². The largest absolute Gasteiger partial charge is 0.469 e. The van der Waals surface area contributed by atoms with Crippen molar-refractivity contribution in [3.8, 4) is 0 Å². The van der Waals surface area contributed by atoms with Crippen LogP contribution in [-0.2, 0) is 20.9 Å². The van der Waals surface area contributed by atoms with Gasteiger partial charge in [-0.25, -0.2) is 0 Å². The molecule has 1 saturated heterocycles. The fourth-order valence-electron chi connectivity index (χ4n) is 3.15. The van der Waals surface area contributed by atoms with Gasteiger partial charge in [-0.1, -0.05) is 19.1 Å². The number of amides is 2. The third-order valence-electron chi connectivity index (χ3n) is 4.72. The average Bonchev–Trinajstić information content (AvgIpc) is 3.07. The third kappa shape index (κ3) is 6.87. The Labute approximate surface area is 187 Å². The molecule has 2 rings (SSSR count). The first kappa shape index (κ1) is 24.7. The maximum Gasteiger partial charge on any atom is 0.310 e. The molecule has 2 atom stereocenters. The van der Waals surface area contributed by atoms with E-state index in [0.29, 0.717) is 24.6 Å². The number of carbonyl (C=O) groups is 3. The number of hydrogen-bond donors (Lipinski definition) is 3. The first-order valence-electron chi connectivity index (χ1n) is 9.04. The van der Waals surface area contributed by atoms with Crippen LogP contribution in [0.2, 0.25) is 0 Å². The molecule has 2 amide bonds. The standard InChI is InChI=1S/C19H27N5O4.HI/c1-12-10-24(11-15(12)18(27)28-3)19(21-2)23-8-13-4-6-14(7-5-13)17(26)22-9-16(20)25;/h4-7,12,15H,8-11H2,1-3H3,(H2,20,25)(H,21,23)(H,22,26);1H. The molecule has 1 fully saturated rings. The third-order valence-corrected chi connectivity index (χ3v) is 4.72. The zero-order valence-electron chi connectivity index (χ0n) is 16.8. The van der Waals surface area contributed by atoms with Gasteiger partial charge in [-0.15, -0.1) is 24.0 Å². The number of halogens is 1. The summed E-state index contributed by atoms with van der Waals surface area (Å²) in [6.07, 6.45) is 0. The fraction of sp³-hybridized carbons (Fsp3) is 0.474.